The highest BCUT2D eigenvalue weighted by atomic mass is 35.5. The number of aliphatic imine (C=N–C) groups is 1. The van der Waals surface area contributed by atoms with Crippen LogP contribution in [0.2, 0.25) is 4.34 Å². The number of nitrogens with one attached hydrogen (secondary N) is 2. The molecule has 0 aliphatic carbocycles. The number of guanidine groups is 1. The number of nitrogens with zero attached hydrogens (tertiary/aromatic N) is 2. The van der Waals surface area contributed by atoms with E-state index in [0.29, 0.717) is 16.8 Å². The van der Waals surface area contributed by atoms with Crippen LogP contribution >= 0.6 is 34.3 Å². The van der Waals surface area contributed by atoms with Gasteiger partial charge in [0.1, 0.15) is 6.10 Å². The zero-order valence-electron chi connectivity index (χ0n) is 13.2. The molecular weight excluding hydrogens is 352 g/mol. The standard InChI is InChI=1S/C15H21ClN4OS2/c1-3-17-15(18-7-6-11-9-22-10(2)20-11)19-8-12(21)13-4-5-14(16)23-13/h4-5,9,12,21H,3,6-8H2,1-2H3,(H2,17,18,19). The molecular formula is C15H21ClN4OS2. The molecule has 0 saturated heterocycles. The molecule has 1 atom stereocenters. The van der Waals surface area contributed by atoms with Crippen molar-refractivity contribution in [3.8, 4) is 0 Å². The lowest BCUT2D eigenvalue weighted by atomic mass is 10.3. The molecule has 8 heteroatoms. The van der Waals surface area contributed by atoms with Crippen molar-refractivity contribution >= 4 is 40.2 Å². The molecule has 0 radical (unpaired) electrons. The van der Waals surface area contributed by atoms with Gasteiger partial charge >= 0.3 is 0 Å². The van der Waals surface area contributed by atoms with Crippen LogP contribution in [0.15, 0.2) is 22.5 Å². The van der Waals surface area contributed by atoms with E-state index in [0.717, 1.165) is 35.1 Å². The van der Waals surface area contributed by atoms with Gasteiger partial charge in [-0.2, -0.15) is 0 Å². The van der Waals surface area contributed by atoms with E-state index < -0.39 is 6.10 Å². The summed E-state index contributed by atoms with van der Waals surface area (Å²) in [6.45, 7) is 5.82. The minimum absolute atomic E-state index is 0.294. The number of halogens is 1. The SMILES string of the molecule is CCNC(=NCC(O)c1ccc(Cl)s1)NCCc1csc(C)n1. The Morgan fingerprint density at radius 2 is 2.26 bits per heavy atom. The van der Waals surface area contributed by atoms with E-state index in [1.807, 2.05) is 19.9 Å². The molecule has 0 bridgehead atoms. The van der Waals surface area contributed by atoms with Gasteiger partial charge in [0.15, 0.2) is 5.96 Å². The monoisotopic (exact) mass is 372 g/mol. The molecule has 0 aromatic carbocycles. The molecule has 2 aromatic rings. The number of rotatable bonds is 7. The Morgan fingerprint density at radius 3 is 2.87 bits per heavy atom. The highest BCUT2D eigenvalue weighted by molar-refractivity contribution is 7.16. The molecule has 2 aromatic heterocycles. The van der Waals surface area contributed by atoms with Gasteiger partial charge in [0.2, 0.25) is 0 Å². The maximum atomic E-state index is 10.1. The smallest absolute Gasteiger partial charge is 0.191 e. The van der Waals surface area contributed by atoms with E-state index in [9.17, 15) is 5.11 Å². The number of thiophene rings is 1. The normalized spacial score (nSPS) is 13.1. The van der Waals surface area contributed by atoms with Crippen LogP contribution < -0.4 is 10.6 Å². The van der Waals surface area contributed by atoms with E-state index >= 15 is 0 Å². The molecule has 0 fully saturated rings. The van der Waals surface area contributed by atoms with Gasteiger partial charge < -0.3 is 15.7 Å². The number of thiazole rings is 1. The van der Waals surface area contributed by atoms with Gasteiger partial charge in [-0.1, -0.05) is 11.6 Å². The van der Waals surface area contributed by atoms with Gasteiger partial charge in [0.25, 0.3) is 0 Å². The number of aromatic nitrogens is 1. The van der Waals surface area contributed by atoms with Crippen molar-refractivity contribution in [2.75, 3.05) is 19.6 Å². The van der Waals surface area contributed by atoms with Crippen molar-refractivity contribution < 1.29 is 5.11 Å². The fourth-order valence-corrected chi connectivity index (χ4v) is 3.63. The third-order valence-corrected chi connectivity index (χ3v) is 5.18. The van der Waals surface area contributed by atoms with Crippen molar-refractivity contribution in [3.05, 3.63) is 37.4 Å². The quantitative estimate of drug-likeness (QED) is 0.516. The number of aryl methyl sites for hydroxylation is 1. The number of hydrogen-bond donors (Lipinski definition) is 3. The predicted octanol–water partition coefficient (Wildman–Crippen LogP) is 3.00. The van der Waals surface area contributed by atoms with E-state index in [-0.39, 0.29) is 0 Å². The second-order valence-corrected chi connectivity index (χ2v) is 7.72. The summed E-state index contributed by atoms with van der Waals surface area (Å²) in [4.78, 5) is 9.69. The first kappa shape index (κ1) is 18.2. The highest BCUT2D eigenvalue weighted by Gasteiger charge is 2.10. The van der Waals surface area contributed by atoms with Gasteiger partial charge in [-0.3, -0.25) is 4.99 Å². The molecule has 0 aliphatic heterocycles. The van der Waals surface area contributed by atoms with Crippen LogP contribution in [0, 0.1) is 6.92 Å². The summed E-state index contributed by atoms with van der Waals surface area (Å²) in [6, 6.07) is 3.62. The third kappa shape index (κ3) is 6.10. The van der Waals surface area contributed by atoms with Gasteiger partial charge in [0, 0.05) is 29.8 Å². The average Bonchev–Trinajstić information content (AvgIpc) is 3.13. The van der Waals surface area contributed by atoms with E-state index in [4.69, 9.17) is 11.6 Å². The predicted molar refractivity (Wildman–Crippen MR) is 98.8 cm³/mol. The molecule has 0 aliphatic rings. The van der Waals surface area contributed by atoms with Crippen LogP contribution in [0.4, 0.5) is 0 Å². The van der Waals surface area contributed by atoms with Crippen LogP contribution in [0.1, 0.15) is 28.6 Å². The molecule has 2 rings (SSSR count). The van der Waals surface area contributed by atoms with Gasteiger partial charge in [0.05, 0.1) is 21.6 Å². The average molecular weight is 373 g/mol. The number of aliphatic hydroxyl groups excluding tert-OH is 1. The fourth-order valence-electron chi connectivity index (χ4n) is 1.95. The van der Waals surface area contributed by atoms with E-state index in [2.05, 4.69) is 26.0 Å². The topological polar surface area (TPSA) is 69.5 Å². The second kappa shape index (κ2) is 9.22. The zero-order chi connectivity index (χ0) is 16.7. The van der Waals surface area contributed by atoms with Crippen molar-refractivity contribution in [1.29, 1.82) is 0 Å². The van der Waals surface area contributed by atoms with Crippen LogP contribution in [-0.2, 0) is 6.42 Å². The van der Waals surface area contributed by atoms with Gasteiger partial charge in [-0.05, 0) is 26.0 Å². The summed E-state index contributed by atoms with van der Waals surface area (Å²) in [6.07, 6.45) is 0.210. The first-order valence-electron chi connectivity index (χ1n) is 7.45. The molecule has 2 heterocycles. The Balaban J connectivity index is 1.84. The minimum atomic E-state index is -0.635. The first-order chi connectivity index (χ1) is 11.1. The fraction of sp³-hybridized carbons (Fsp3) is 0.467. The summed E-state index contributed by atoms with van der Waals surface area (Å²) in [5, 5.41) is 19.7. The summed E-state index contributed by atoms with van der Waals surface area (Å²) in [5.74, 6) is 0.696. The summed E-state index contributed by atoms with van der Waals surface area (Å²) in [5.41, 5.74) is 1.09. The summed E-state index contributed by atoms with van der Waals surface area (Å²) in [7, 11) is 0. The lowest BCUT2D eigenvalue weighted by Crippen LogP contribution is -2.38. The largest absolute Gasteiger partial charge is 0.386 e. The minimum Gasteiger partial charge on any atom is -0.386 e. The third-order valence-electron chi connectivity index (χ3n) is 3.03. The number of aliphatic hydroxyl groups is 1. The molecule has 23 heavy (non-hydrogen) atoms. The van der Waals surface area contributed by atoms with Crippen molar-refractivity contribution in [1.82, 2.24) is 15.6 Å². The Bertz CT molecular complexity index is 641. The first-order valence-corrected chi connectivity index (χ1v) is 9.52. The molecule has 5 nitrogen and oxygen atoms in total. The maximum absolute atomic E-state index is 10.1. The van der Waals surface area contributed by atoms with Crippen molar-refractivity contribution in [2.45, 2.75) is 26.4 Å². The Labute approximate surface area is 149 Å². The van der Waals surface area contributed by atoms with Crippen LogP contribution in [0.3, 0.4) is 0 Å². The number of hydrogen-bond acceptors (Lipinski definition) is 5. The molecule has 1 unspecified atom stereocenters. The van der Waals surface area contributed by atoms with E-state index in [1.54, 1.807) is 17.4 Å². The van der Waals surface area contributed by atoms with E-state index in [1.165, 1.54) is 11.3 Å². The molecule has 0 spiro atoms. The highest BCUT2D eigenvalue weighted by Crippen LogP contribution is 2.26. The second-order valence-electron chi connectivity index (χ2n) is 4.91. The van der Waals surface area contributed by atoms with Crippen LogP contribution in [-0.4, -0.2) is 35.7 Å². The molecule has 3 N–H and O–H groups in total. The van der Waals surface area contributed by atoms with Gasteiger partial charge in [-0.25, -0.2) is 4.98 Å². The molecule has 0 amide bonds. The Hall–Kier alpha value is -1.15. The maximum Gasteiger partial charge on any atom is 0.191 e. The lowest BCUT2D eigenvalue weighted by molar-refractivity contribution is 0.191. The summed E-state index contributed by atoms with van der Waals surface area (Å²) < 4.78 is 0.673. The molecule has 126 valence electrons. The van der Waals surface area contributed by atoms with Gasteiger partial charge in [-0.15, -0.1) is 22.7 Å². The Kier molecular flexibility index (Phi) is 7.29. The Morgan fingerprint density at radius 1 is 1.43 bits per heavy atom. The lowest BCUT2D eigenvalue weighted by Gasteiger charge is -2.12. The van der Waals surface area contributed by atoms with Crippen molar-refractivity contribution in [3.63, 3.8) is 0 Å². The summed E-state index contributed by atoms with van der Waals surface area (Å²) >= 11 is 8.92. The van der Waals surface area contributed by atoms with Crippen molar-refractivity contribution in [2.24, 2.45) is 4.99 Å². The van der Waals surface area contributed by atoms with Crippen LogP contribution in [0.5, 0.6) is 0 Å². The molecule has 0 saturated carbocycles. The van der Waals surface area contributed by atoms with Crippen LogP contribution in [0.25, 0.3) is 0 Å². The zero-order valence-corrected chi connectivity index (χ0v) is 15.6.